The van der Waals surface area contributed by atoms with E-state index in [1.54, 1.807) is 24.3 Å². The van der Waals surface area contributed by atoms with Crippen molar-refractivity contribution >= 4 is 5.91 Å². The Hall–Kier alpha value is -3.57. The van der Waals surface area contributed by atoms with Gasteiger partial charge in [0.05, 0.1) is 24.3 Å². The number of nitrogens with zero attached hydrogens (tertiary/aromatic N) is 2. The van der Waals surface area contributed by atoms with Gasteiger partial charge in [-0.15, -0.1) is 0 Å². The molecule has 1 amide bonds. The van der Waals surface area contributed by atoms with Crippen molar-refractivity contribution in [3.05, 3.63) is 101 Å². The van der Waals surface area contributed by atoms with E-state index in [-0.39, 0.29) is 19.2 Å². The fourth-order valence-corrected chi connectivity index (χ4v) is 4.30. The summed E-state index contributed by atoms with van der Waals surface area (Å²) in [5.74, 6) is -0.416. The first-order chi connectivity index (χ1) is 19.0. The van der Waals surface area contributed by atoms with Crippen molar-refractivity contribution < 1.29 is 40.6 Å². The minimum absolute atomic E-state index is 0.0163. The van der Waals surface area contributed by atoms with Crippen LogP contribution in [-0.4, -0.2) is 55.1 Å². The first kappa shape index (κ1) is 29.4. The largest absolute Gasteiger partial charge is 0.489 e. The van der Waals surface area contributed by atoms with Gasteiger partial charge in [0.15, 0.2) is 0 Å². The summed E-state index contributed by atoms with van der Waals surface area (Å²) in [7, 11) is 0. The number of rotatable bonds is 9. The van der Waals surface area contributed by atoms with Crippen molar-refractivity contribution in [2.45, 2.75) is 25.5 Å². The van der Waals surface area contributed by atoms with Gasteiger partial charge < -0.3 is 14.4 Å². The molecule has 40 heavy (non-hydrogen) atoms. The Labute approximate surface area is 227 Å². The van der Waals surface area contributed by atoms with Gasteiger partial charge in [-0.3, -0.25) is 9.69 Å². The quantitative estimate of drug-likeness (QED) is 0.286. The van der Waals surface area contributed by atoms with Crippen LogP contribution in [0.5, 0.6) is 5.75 Å². The van der Waals surface area contributed by atoms with E-state index in [1.165, 1.54) is 4.90 Å². The van der Waals surface area contributed by atoms with Crippen molar-refractivity contribution in [3.8, 4) is 5.75 Å². The maximum Gasteiger partial charge on any atom is 0.416 e. The summed E-state index contributed by atoms with van der Waals surface area (Å²) in [6.45, 7) is 2.93. The van der Waals surface area contributed by atoms with Gasteiger partial charge >= 0.3 is 12.4 Å². The summed E-state index contributed by atoms with van der Waals surface area (Å²) in [5.41, 5.74) is -2.19. The van der Waals surface area contributed by atoms with Crippen LogP contribution in [0.4, 0.5) is 26.3 Å². The van der Waals surface area contributed by atoms with Crippen LogP contribution in [0.15, 0.2) is 72.8 Å². The number of hydrogen-bond acceptors (Lipinski definition) is 4. The highest BCUT2D eigenvalue weighted by molar-refractivity contribution is 5.94. The Bertz CT molecular complexity index is 1240. The lowest BCUT2D eigenvalue weighted by molar-refractivity contribution is -0.143. The van der Waals surface area contributed by atoms with Crippen molar-refractivity contribution in [3.63, 3.8) is 0 Å². The lowest BCUT2D eigenvalue weighted by Gasteiger charge is -2.30. The molecular weight excluding hydrogens is 538 g/mol. The van der Waals surface area contributed by atoms with E-state index >= 15 is 0 Å². The van der Waals surface area contributed by atoms with Crippen LogP contribution in [0, 0.1) is 0 Å². The number of alkyl halides is 6. The summed E-state index contributed by atoms with van der Waals surface area (Å²) >= 11 is 0. The van der Waals surface area contributed by atoms with Crippen LogP contribution < -0.4 is 4.74 Å². The lowest BCUT2D eigenvalue weighted by Crippen LogP contribution is -2.43. The number of benzene rings is 3. The van der Waals surface area contributed by atoms with Crippen molar-refractivity contribution in [2.75, 3.05) is 39.4 Å². The second kappa shape index (κ2) is 12.7. The van der Waals surface area contributed by atoms with E-state index in [4.69, 9.17) is 9.47 Å². The lowest BCUT2D eigenvalue weighted by atomic mass is 10.0. The van der Waals surface area contributed by atoms with E-state index < -0.39 is 35.0 Å². The smallest absolute Gasteiger partial charge is 0.416 e. The van der Waals surface area contributed by atoms with Crippen LogP contribution in [0.25, 0.3) is 0 Å². The molecule has 0 atom stereocenters. The number of carbonyl (C=O) groups is 1. The second-order valence-electron chi connectivity index (χ2n) is 9.40. The van der Waals surface area contributed by atoms with Gasteiger partial charge in [-0.1, -0.05) is 42.5 Å². The zero-order chi connectivity index (χ0) is 28.8. The maximum absolute atomic E-state index is 13.5. The van der Waals surface area contributed by atoms with Crippen molar-refractivity contribution in [1.29, 1.82) is 0 Å². The fourth-order valence-electron chi connectivity index (χ4n) is 4.30. The SMILES string of the molecule is O=C(c1cc(C(F)(F)F)cc(C(F)(F)F)c1)N(CCN1CCOCC1)Cc1cccc(OCc2ccccc2)c1. The van der Waals surface area contributed by atoms with Gasteiger partial charge in [-0.2, -0.15) is 26.3 Å². The van der Waals surface area contributed by atoms with E-state index in [2.05, 4.69) is 0 Å². The predicted octanol–water partition coefficient (Wildman–Crippen LogP) is 6.28. The van der Waals surface area contributed by atoms with E-state index in [9.17, 15) is 31.1 Å². The Morgan fingerprint density at radius 3 is 2.08 bits per heavy atom. The molecule has 0 spiro atoms. The van der Waals surface area contributed by atoms with Crippen LogP contribution >= 0.6 is 0 Å². The molecule has 11 heteroatoms. The Morgan fingerprint density at radius 1 is 0.825 bits per heavy atom. The molecule has 1 fully saturated rings. The van der Waals surface area contributed by atoms with E-state index in [1.807, 2.05) is 35.2 Å². The normalized spacial score (nSPS) is 14.7. The minimum Gasteiger partial charge on any atom is -0.489 e. The van der Waals surface area contributed by atoms with Gasteiger partial charge in [0, 0.05) is 38.3 Å². The molecule has 3 aromatic rings. The summed E-state index contributed by atoms with van der Waals surface area (Å²) < 4.78 is 91.9. The molecule has 214 valence electrons. The van der Waals surface area contributed by atoms with Crippen LogP contribution in [0.1, 0.15) is 32.6 Å². The molecule has 1 aliphatic heterocycles. The Kier molecular flexibility index (Phi) is 9.36. The van der Waals surface area contributed by atoms with Gasteiger partial charge in [0.25, 0.3) is 5.91 Å². The number of carbonyl (C=O) groups excluding carboxylic acids is 1. The van der Waals surface area contributed by atoms with Crippen LogP contribution in [0.2, 0.25) is 0 Å². The van der Waals surface area contributed by atoms with E-state index in [0.717, 1.165) is 5.56 Å². The average Bonchev–Trinajstić information content (AvgIpc) is 2.94. The topological polar surface area (TPSA) is 42.0 Å². The highest BCUT2D eigenvalue weighted by atomic mass is 19.4. The molecule has 0 saturated carbocycles. The molecule has 4 rings (SSSR count). The van der Waals surface area contributed by atoms with Crippen LogP contribution in [-0.2, 0) is 30.2 Å². The highest BCUT2D eigenvalue weighted by Gasteiger charge is 2.38. The summed E-state index contributed by atoms with van der Waals surface area (Å²) in [4.78, 5) is 16.8. The molecule has 0 bridgehead atoms. The summed E-state index contributed by atoms with van der Waals surface area (Å²) in [6.07, 6.45) is -10.1. The van der Waals surface area contributed by atoms with Gasteiger partial charge in [-0.05, 0) is 41.5 Å². The number of hydrogen-bond donors (Lipinski definition) is 0. The average molecular weight is 567 g/mol. The molecule has 1 heterocycles. The molecule has 0 aliphatic carbocycles. The standard InChI is InChI=1S/C29H28F6N2O3/c30-28(31,32)24-16-23(17-25(18-24)29(33,34)35)27(38)37(10-9-36-11-13-39-14-12-36)19-22-7-4-8-26(15-22)40-20-21-5-2-1-3-6-21/h1-8,15-18H,9-14,19-20H2. The van der Waals surface area contributed by atoms with Crippen molar-refractivity contribution in [1.82, 2.24) is 9.80 Å². The second-order valence-corrected chi connectivity index (χ2v) is 9.40. The number of halogens is 6. The molecule has 0 N–H and O–H groups in total. The molecule has 1 saturated heterocycles. The zero-order valence-electron chi connectivity index (χ0n) is 21.5. The third-order valence-electron chi connectivity index (χ3n) is 6.43. The first-order valence-corrected chi connectivity index (χ1v) is 12.6. The zero-order valence-corrected chi connectivity index (χ0v) is 21.5. The van der Waals surface area contributed by atoms with E-state index in [0.29, 0.717) is 62.9 Å². The van der Waals surface area contributed by atoms with Crippen molar-refractivity contribution in [2.24, 2.45) is 0 Å². The molecule has 0 radical (unpaired) electrons. The molecular formula is C29H28F6N2O3. The molecule has 1 aliphatic rings. The number of ether oxygens (including phenoxy) is 2. The minimum atomic E-state index is -5.06. The molecule has 3 aromatic carbocycles. The number of amides is 1. The Balaban J connectivity index is 1.59. The molecule has 0 aromatic heterocycles. The first-order valence-electron chi connectivity index (χ1n) is 12.6. The summed E-state index contributed by atoms with van der Waals surface area (Å²) in [6, 6.07) is 17.3. The third-order valence-corrected chi connectivity index (χ3v) is 6.43. The predicted molar refractivity (Wildman–Crippen MR) is 136 cm³/mol. The third kappa shape index (κ3) is 8.22. The van der Waals surface area contributed by atoms with Crippen LogP contribution in [0.3, 0.4) is 0 Å². The number of morpholine rings is 1. The monoisotopic (exact) mass is 566 g/mol. The highest BCUT2D eigenvalue weighted by Crippen LogP contribution is 2.36. The Morgan fingerprint density at radius 2 is 1.45 bits per heavy atom. The van der Waals surface area contributed by atoms with Gasteiger partial charge in [0.1, 0.15) is 12.4 Å². The molecule has 0 unspecified atom stereocenters. The maximum atomic E-state index is 13.5. The van der Waals surface area contributed by atoms with Gasteiger partial charge in [-0.25, -0.2) is 0 Å². The van der Waals surface area contributed by atoms with Gasteiger partial charge in [0.2, 0.25) is 0 Å². The molecule has 5 nitrogen and oxygen atoms in total. The summed E-state index contributed by atoms with van der Waals surface area (Å²) in [5, 5.41) is 0. The fraction of sp³-hybridized carbons (Fsp3) is 0.345.